The molecule has 0 bridgehead atoms. The highest BCUT2D eigenvalue weighted by Gasteiger charge is 2.23. The van der Waals surface area contributed by atoms with Gasteiger partial charge in [-0.1, -0.05) is 127 Å². The van der Waals surface area contributed by atoms with Crippen LogP contribution in [0.25, 0.3) is 71.3 Å². The molecule has 10 aromatic rings. The van der Waals surface area contributed by atoms with Crippen LogP contribution < -0.4 is 4.90 Å². The van der Waals surface area contributed by atoms with Crippen molar-refractivity contribution in [2.75, 3.05) is 4.90 Å². The fourth-order valence-corrected chi connectivity index (χ4v) is 7.54. The lowest BCUT2D eigenvalue weighted by atomic mass is 9.98. The highest BCUT2D eigenvalue weighted by molar-refractivity contribution is 6.13. The Labute approximate surface area is 283 Å². The average molecular weight is 627 g/mol. The van der Waals surface area contributed by atoms with Crippen molar-refractivity contribution in [3.8, 4) is 16.8 Å². The molecule has 0 aliphatic carbocycles. The van der Waals surface area contributed by atoms with Crippen molar-refractivity contribution < 1.29 is 4.42 Å². The van der Waals surface area contributed by atoms with Gasteiger partial charge in [0.25, 0.3) is 0 Å². The van der Waals surface area contributed by atoms with Gasteiger partial charge in [-0.05, 0) is 70.9 Å². The van der Waals surface area contributed by atoms with E-state index in [4.69, 9.17) is 4.42 Å². The van der Waals surface area contributed by atoms with Gasteiger partial charge in [0.2, 0.25) is 0 Å². The number of hydrogen-bond donors (Lipinski definition) is 0. The van der Waals surface area contributed by atoms with Gasteiger partial charge in [-0.25, -0.2) is 0 Å². The third-order valence-electron chi connectivity index (χ3n) is 9.76. The van der Waals surface area contributed by atoms with Crippen molar-refractivity contribution in [1.82, 2.24) is 4.57 Å². The number of benzene rings is 8. The number of anilines is 3. The Balaban J connectivity index is 1.28. The molecule has 3 nitrogen and oxygen atoms in total. The molecular formula is C46H30N2O. The van der Waals surface area contributed by atoms with Gasteiger partial charge < -0.3 is 13.9 Å². The van der Waals surface area contributed by atoms with Crippen LogP contribution in [-0.2, 0) is 0 Å². The van der Waals surface area contributed by atoms with Gasteiger partial charge in [-0.2, -0.15) is 0 Å². The lowest BCUT2D eigenvalue weighted by molar-refractivity contribution is 0.669. The number of para-hydroxylation sites is 5. The molecule has 0 saturated carbocycles. The number of hydrogen-bond acceptors (Lipinski definition) is 2. The van der Waals surface area contributed by atoms with Crippen LogP contribution in [0.4, 0.5) is 17.1 Å². The van der Waals surface area contributed by atoms with Crippen molar-refractivity contribution in [2.24, 2.45) is 0 Å². The van der Waals surface area contributed by atoms with E-state index in [1.807, 2.05) is 6.07 Å². The summed E-state index contributed by atoms with van der Waals surface area (Å²) >= 11 is 0. The predicted octanol–water partition coefficient (Wildman–Crippen LogP) is 13.0. The molecule has 3 heteroatoms. The summed E-state index contributed by atoms with van der Waals surface area (Å²) < 4.78 is 9.07. The Morgan fingerprint density at radius 3 is 2.04 bits per heavy atom. The molecule has 49 heavy (non-hydrogen) atoms. The molecule has 2 heterocycles. The standard InChI is InChI=1S/C46H30N2O/c1-2-15-34(16-3-1)47-42-22-10-7-18-37(42)38-28-27-35(30-44(38)47)48(43-23-12-20-40-39-19-8-11-24-45(39)49-46(40)43)41-21-9-6-17-36(41)33-26-25-31-13-4-5-14-32(31)29-33/h1-30H. The lowest BCUT2D eigenvalue weighted by Gasteiger charge is -2.28. The van der Waals surface area contributed by atoms with E-state index < -0.39 is 0 Å². The third-order valence-corrected chi connectivity index (χ3v) is 9.76. The molecule has 0 saturated heterocycles. The summed E-state index contributed by atoms with van der Waals surface area (Å²) in [6, 6.07) is 65.0. The summed E-state index contributed by atoms with van der Waals surface area (Å²) in [4.78, 5) is 2.38. The molecule has 0 aliphatic rings. The smallest absolute Gasteiger partial charge is 0.159 e. The van der Waals surface area contributed by atoms with E-state index in [0.717, 1.165) is 61.3 Å². The summed E-state index contributed by atoms with van der Waals surface area (Å²) in [5.41, 5.74) is 10.6. The second-order valence-corrected chi connectivity index (χ2v) is 12.6. The first-order valence-corrected chi connectivity index (χ1v) is 16.7. The van der Waals surface area contributed by atoms with Crippen LogP contribution in [0.1, 0.15) is 0 Å². The molecule has 0 unspecified atom stereocenters. The molecular weight excluding hydrogens is 597 g/mol. The largest absolute Gasteiger partial charge is 0.454 e. The summed E-state index contributed by atoms with van der Waals surface area (Å²) in [6.07, 6.45) is 0. The average Bonchev–Trinajstić information content (AvgIpc) is 3.71. The molecule has 10 rings (SSSR count). The predicted molar refractivity (Wildman–Crippen MR) is 206 cm³/mol. The van der Waals surface area contributed by atoms with Crippen molar-refractivity contribution >= 4 is 71.6 Å². The quantitative estimate of drug-likeness (QED) is 0.190. The van der Waals surface area contributed by atoms with E-state index in [-0.39, 0.29) is 0 Å². The van der Waals surface area contributed by atoms with E-state index >= 15 is 0 Å². The zero-order chi connectivity index (χ0) is 32.3. The van der Waals surface area contributed by atoms with Gasteiger partial charge in [-0.3, -0.25) is 0 Å². The number of furan rings is 1. The Kier molecular flexibility index (Phi) is 6.18. The first-order chi connectivity index (χ1) is 24.3. The molecule has 0 spiro atoms. The van der Waals surface area contributed by atoms with Crippen LogP contribution in [0, 0.1) is 0 Å². The molecule has 0 radical (unpaired) electrons. The van der Waals surface area contributed by atoms with Gasteiger partial charge in [0.05, 0.1) is 22.4 Å². The summed E-state index contributed by atoms with van der Waals surface area (Å²) in [6.45, 7) is 0. The van der Waals surface area contributed by atoms with E-state index in [2.05, 4.69) is 185 Å². The maximum Gasteiger partial charge on any atom is 0.159 e. The first kappa shape index (κ1) is 27.5. The highest BCUT2D eigenvalue weighted by atomic mass is 16.3. The van der Waals surface area contributed by atoms with Crippen LogP contribution in [0.2, 0.25) is 0 Å². The van der Waals surface area contributed by atoms with E-state index in [9.17, 15) is 0 Å². The van der Waals surface area contributed by atoms with Gasteiger partial charge in [0, 0.05) is 38.5 Å². The fraction of sp³-hybridized carbons (Fsp3) is 0. The van der Waals surface area contributed by atoms with E-state index in [1.165, 1.54) is 27.1 Å². The van der Waals surface area contributed by atoms with Crippen molar-refractivity contribution in [2.45, 2.75) is 0 Å². The van der Waals surface area contributed by atoms with Crippen LogP contribution in [0.15, 0.2) is 186 Å². The van der Waals surface area contributed by atoms with E-state index in [1.54, 1.807) is 0 Å². The monoisotopic (exact) mass is 626 g/mol. The Morgan fingerprint density at radius 1 is 0.429 bits per heavy atom. The van der Waals surface area contributed by atoms with E-state index in [0.29, 0.717) is 0 Å². The minimum atomic E-state index is 0.862. The minimum Gasteiger partial charge on any atom is -0.454 e. The Morgan fingerprint density at radius 2 is 1.12 bits per heavy atom. The molecule has 0 N–H and O–H groups in total. The molecule has 0 atom stereocenters. The molecule has 8 aromatic carbocycles. The second kappa shape index (κ2) is 11.0. The molecule has 0 aliphatic heterocycles. The second-order valence-electron chi connectivity index (χ2n) is 12.6. The highest BCUT2D eigenvalue weighted by Crippen LogP contribution is 2.46. The van der Waals surface area contributed by atoms with Crippen molar-refractivity contribution in [3.05, 3.63) is 182 Å². The number of fused-ring (bicyclic) bond motifs is 7. The number of rotatable bonds is 5. The third kappa shape index (κ3) is 4.37. The summed E-state index contributed by atoms with van der Waals surface area (Å²) in [5, 5.41) is 7.10. The minimum absolute atomic E-state index is 0.862. The molecule has 0 amide bonds. The number of nitrogens with zero attached hydrogens (tertiary/aromatic N) is 2. The van der Waals surface area contributed by atoms with Gasteiger partial charge in [-0.15, -0.1) is 0 Å². The zero-order valence-corrected chi connectivity index (χ0v) is 26.6. The maximum atomic E-state index is 6.69. The maximum absolute atomic E-state index is 6.69. The SMILES string of the molecule is c1ccc(-n2c3ccccc3c3ccc(N(c4ccccc4-c4ccc5ccccc5c4)c4cccc5c4oc4ccccc45)cc32)cc1. The molecule has 2 aromatic heterocycles. The topological polar surface area (TPSA) is 21.3 Å². The van der Waals surface area contributed by atoms with Gasteiger partial charge in [0.1, 0.15) is 5.58 Å². The Bertz CT molecular complexity index is 2840. The molecule has 230 valence electrons. The fourth-order valence-electron chi connectivity index (χ4n) is 7.54. The van der Waals surface area contributed by atoms with Gasteiger partial charge in [0.15, 0.2) is 5.58 Å². The van der Waals surface area contributed by atoms with Crippen LogP contribution in [0.3, 0.4) is 0 Å². The molecule has 0 fully saturated rings. The lowest BCUT2D eigenvalue weighted by Crippen LogP contribution is -2.11. The Hall–Kier alpha value is -6.58. The first-order valence-electron chi connectivity index (χ1n) is 16.7. The summed E-state index contributed by atoms with van der Waals surface area (Å²) in [5.74, 6) is 0. The van der Waals surface area contributed by atoms with Crippen LogP contribution in [0.5, 0.6) is 0 Å². The van der Waals surface area contributed by atoms with Crippen LogP contribution >= 0.6 is 0 Å². The number of aromatic nitrogens is 1. The van der Waals surface area contributed by atoms with Gasteiger partial charge >= 0.3 is 0 Å². The van der Waals surface area contributed by atoms with Crippen molar-refractivity contribution in [3.63, 3.8) is 0 Å². The zero-order valence-electron chi connectivity index (χ0n) is 26.6. The van der Waals surface area contributed by atoms with Crippen LogP contribution in [-0.4, -0.2) is 4.57 Å². The summed E-state index contributed by atoms with van der Waals surface area (Å²) in [7, 11) is 0. The normalized spacial score (nSPS) is 11.7. The van der Waals surface area contributed by atoms with Crippen molar-refractivity contribution in [1.29, 1.82) is 0 Å².